The second-order valence-electron chi connectivity index (χ2n) is 6.05. The van der Waals surface area contributed by atoms with E-state index in [0.29, 0.717) is 6.04 Å². The molecule has 1 atom stereocenters. The summed E-state index contributed by atoms with van der Waals surface area (Å²) in [5.74, 6) is 1.71. The highest BCUT2D eigenvalue weighted by molar-refractivity contribution is 5.36. The van der Waals surface area contributed by atoms with Gasteiger partial charge < -0.3 is 15.0 Å². The van der Waals surface area contributed by atoms with E-state index >= 15 is 0 Å². The van der Waals surface area contributed by atoms with E-state index in [0.717, 1.165) is 24.8 Å². The molecule has 1 unspecified atom stereocenters. The van der Waals surface area contributed by atoms with E-state index in [1.54, 1.807) is 7.11 Å². The van der Waals surface area contributed by atoms with Gasteiger partial charge in [0.05, 0.1) is 7.11 Å². The number of ether oxygens (including phenoxy) is 1. The monoisotopic (exact) mass is 292 g/mol. The summed E-state index contributed by atoms with van der Waals surface area (Å²) in [6.07, 6.45) is 2.46. The summed E-state index contributed by atoms with van der Waals surface area (Å²) < 4.78 is 5.44. The quantitative estimate of drug-likeness (QED) is 0.754. The lowest BCUT2D eigenvalue weighted by molar-refractivity contribution is 0.193. The largest absolute Gasteiger partial charge is 0.496 e. The van der Waals surface area contributed by atoms with Crippen molar-refractivity contribution in [3.8, 4) is 5.75 Å². The van der Waals surface area contributed by atoms with Crippen LogP contribution < -0.4 is 10.1 Å². The molecule has 1 rings (SSSR count). The van der Waals surface area contributed by atoms with E-state index in [4.69, 9.17) is 4.74 Å². The normalized spacial score (nSPS) is 13.0. The molecule has 0 aliphatic carbocycles. The van der Waals surface area contributed by atoms with E-state index in [2.05, 4.69) is 63.3 Å². The Morgan fingerprint density at radius 1 is 1.19 bits per heavy atom. The molecule has 0 aromatic heterocycles. The fourth-order valence-corrected chi connectivity index (χ4v) is 3.00. The number of methoxy groups -OCH3 is 1. The molecule has 0 radical (unpaired) electrons. The molecule has 0 aliphatic heterocycles. The van der Waals surface area contributed by atoms with Gasteiger partial charge in [-0.2, -0.15) is 0 Å². The van der Waals surface area contributed by atoms with Crippen molar-refractivity contribution in [2.24, 2.45) is 5.92 Å². The first-order valence-corrected chi connectivity index (χ1v) is 8.04. The van der Waals surface area contributed by atoms with Gasteiger partial charge in [-0.15, -0.1) is 0 Å². The first kappa shape index (κ1) is 18.0. The molecule has 0 amide bonds. The molecule has 1 aromatic carbocycles. The Labute approximate surface area is 130 Å². The van der Waals surface area contributed by atoms with Gasteiger partial charge in [0.2, 0.25) is 0 Å². The number of hydrogen-bond acceptors (Lipinski definition) is 3. The molecule has 1 aromatic rings. The lowest BCUT2D eigenvalue weighted by Gasteiger charge is -2.31. The van der Waals surface area contributed by atoms with E-state index in [9.17, 15) is 0 Å². The van der Waals surface area contributed by atoms with Crippen LogP contribution in [-0.4, -0.2) is 38.7 Å². The summed E-state index contributed by atoms with van der Waals surface area (Å²) in [5.41, 5.74) is 2.51. The Balaban J connectivity index is 2.64. The summed E-state index contributed by atoms with van der Waals surface area (Å²) in [5, 5.41) is 3.61. The molecule has 0 heterocycles. The third-order valence-corrected chi connectivity index (χ3v) is 4.36. The van der Waals surface area contributed by atoms with Crippen molar-refractivity contribution >= 4 is 0 Å². The fraction of sp³-hybridized carbons (Fsp3) is 0.667. The Morgan fingerprint density at radius 2 is 1.86 bits per heavy atom. The number of aryl methyl sites for hydroxylation is 1. The number of benzene rings is 1. The summed E-state index contributed by atoms with van der Waals surface area (Å²) in [6.45, 7) is 8.56. The minimum atomic E-state index is 0.579. The van der Waals surface area contributed by atoms with Crippen LogP contribution in [0, 0.1) is 12.8 Å². The van der Waals surface area contributed by atoms with Crippen molar-refractivity contribution in [1.82, 2.24) is 10.2 Å². The molecule has 120 valence electrons. The molecule has 0 aliphatic rings. The predicted molar refractivity (Wildman–Crippen MR) is 91.0 cm³/mol. The number of rotatable bonds is 9. The molecule has 0 saturated carbocycles. The second-order valence-corrected chi connectivity index (χ2v) is 6.05. The van der Waals surface area contributed by atoms with Gasteiger partial charge in [-0.25, -0.2) is 0 Å². The van der Waals surface area contributed by atoms with Crippen LogP contribution in [0.15, 0.2) is 18.2 Å². The zero-order valence-corrected chi connectivity index (χ0v) is 14.6. The third-order valence-electron chi connectivity index (χ3n) is 4.36. The van der Waals surface area contributed by atoms with Crippen molar-refractivity contribution in [3.63, 3.8) is 0 Å². The van der Waals surface area contributed by atoms with Crippen LogP contribution in [0.4, 0.5) is 0 Å². The van der Waals surface area contributed by atoms with Gasteiger partial charge in [0.1, 0.15) is 5.75 Å². The number of likely N-dealkylation sites (N-methyl/N-ethyl adjacent to an activating group) is 1. The van der Waals surface area contributed by atoms with Gasteiger partial charge in [-0.3, -0.25) is 0 Å². The Morgan fingerprint density at radius 3 is 2.38 bits per heavy atom. The van der Waals surface area contributed by atoms with Crippen molar-refractivity contribution in [2.75, 3.05) is 27.7 Å². The average Bonchev–Trinajstić information content (AvgIpc) is 2.46. The molecule has 0 saturated heterocycles. The summed E-state index contributed by atoms with van der Waals surface area (Å²) in [4.78, 5) is 2.35. The highest BCUT2D eigenvalue weighted by atomic mass is 16.5. The van der Waals surface area contributed by atoms with Crippen LogP contribution in [-0.2, 0) is 6.54 Å². The lowest BCUT2D eigenvalue weighted by atomic mass is 9.93. The summed E-state index contributed by atoms with van der Waals surface area (Å²) in [6, 6.07) is 6.93. The van der Waals surface area contributed by atoms with E-state index in [1.807, 2.05) is 0 Å². The maximum atomic E-state index is 5.44. The first-order chi connectivity index (χ1) is 10.0. The van der Waals surface area contributed by atoms with Gasteiger partial charge in [0.25, 0.3) is 0 Å². The number of nitrogens with one attached hydrogen (secondary N) is 1. The van der Waals surface area contributed by atoms with Crippen LogP contribution in [0.3, 0.4) is 0 Å². The van der Waals surface area contributed by atoms with E-state index < -0.39 is 0 Å². The van der Waals surface area contributed by atoms with Crippen LogP contribution in [0.1, 0.15) is 37.8 Å². The topological polar surface area (TPSA) is 24.5 Å². The minimum absolute atomic E-state index is 0.579. The zero-order chi connectivity index (χ0) is 15.8. The van der Waals surface area contributed by atoms with Crippen molar-refractivity contribution in [3.05, 3.63) is 29.3 Å². The molecule has 3 heteroatoms. The maximum Gasteiger partial charge on any atom is 0.123 e. The zero-order valence-electron chi connectivity index (χ0n) is 14.6. The molecule has 0 fully saturated rings. The van der Waals surface area contributed by atoms with E-state index in [1.165, 1.54) is 24.0 Å². The van der Waals surface area contributed by atoms with Gasteiger partial charge >= 0.3 is 0 Å². The fourth-order valence-electron chi connectivity index (χ4n) is 3.00. The predicted octanol–water partition coefficient (Wildman–Crippen LogP) is 3.46. The van der Waals surface area contributed by atoms with Crippen molar-refractivity contribution in [1.29, 1.82) is 0 Å². The Bertz CT molecular complexity index is 414. The smallest absolute Gasteiger partial charge is 0.123 e. The molecular formula is C18H32N2O. The number of nitrogens with zero attached hydrogens (tertiary/aromatic N) is 1. The van der Waals surface area contributed by atoms with Crippen molar-refractivity contribution in [2.45, 2.75) is 46.2 Å². The minimum Gasteiger partial charge on any atom is -0.496 e. The van der Waals surface area contributed by atoms with Crippen LogP contribution >= 0.6 is 0 Å². The maximum absolute atomic E-state index is 5.44. The Kier molecular flexibility index (Phi) is 7.76. The Hall–Kier alpha value is -1.06. The molecule has 1 N–H and O–H groups in total. The molecule has 0 bridgehead atoms. The standard InChI is InChI=1S/C18H32N2O/c1-7-15(8-2)17(20(4)5)13-19-12-16-11-14(3)9-10-18(16)21-6/h9-11,15,17,19H,7-8,12-13H2,1-6H3. The van der Waals surface area contributed by atoms with Gasteiger partial charge in [0, 0.05) is 24.7 Å². The lowest BCUT2D eigenvalue weighted by Crippen LogP contribution is -2.42. The molecule has 0 spiro atoms. The van der Waals surface area contributed by atoms with Crippen LogP contribution in [0.5, 0.6) is 5.75 Å². The van der Waals surface area contributed by atoms with Gasteiger partial charge in [0.15, 0.2) is 0 Å². The molecule has 21 heavy (non-hydrogen) atoms. The van der Waals surface area contributed by atoms with Crippen molar-refractivity contribution < 1.29 is 4.74 Å². The van der Waals surface area contributed by atoms with Gasteiger partial charge in [-0.05, 0) is 33.0 Å². The third kappa shape index (κ3) is 5.33. The van der Waals surface area contributed by atoms with Crippen LogP contribution in [0.2, 0.25) is 0 Å². The first-order valence-electron chi connectivity index (χ1n) is 8.04. The highest BCUT2D eigenvalue weighted by Gasteiger charge is 2.20. The summed E-state index contributed by atoms with van der Waals surface area (Å²) in [7, 11) is 6.09. The highest BCUT2D eigenvalue weighted by Crippen LogP contribution is 2.20. The van der Waals surface area contributed by atoms with Crippen LogP contribution in [0.25, 0.3) is 0 Å². The van der Waals surface area contributed by atoms with E-state index in [-0.39, 0.29) is 0 Å². The molecular weight excluding hydrogens is 260 g/mol. The average molecular weight is 292 g/mol. The number of hydrogen-bond donors (Lipinski definition) is 1. The van der Waals surface area contributed by atoms with Gasteiger partial charge in [-0.1, -0.05) is 44.4 Å². The second kappa shape index (κ2) is 9.06. The molecule has 3 nitrogen and oxygen atoms in total. The summed E-state index contributed by atoms with van der Waals surface area (Å²) >= 11 is 0. The SMILES string of the molecule is CCC(CC)C(CNCc1cc(C)ccc1OC)N(C)C.